The van der Waals surface area contributed by atoms with Gasteiger partial charge in [-0.2, -0.15) is 0 Å². The predicted octanol–water partition coefficient (Wildman–Crippen LogP) is 3.58. The molecule has 8 heteroatoms. The summed E-state index contributed by atoms with van der Waals surface area (Å²) >= 11 is 0. The smallest absolute Gasteiger partial charge is 0.253 e. The van der Waals surface area contributed by atoms with Crippen LogP contribution in [-0.4, -0.2) is 73.0 Å². The van der Waals surface area contributed by atoms with Crippen LogP contribution < -0.4 is 9.64 Å². The fraction of sp³-hybridized carbons (Fsp3) is 0.370. The Morgan fingerprint density at radius 2 is 1.74 bits per heavy atom. The van der Waals surface area contributed by atoms with Gasteiger partial charge in [0.05, 0.1) is 18.5 Å². The van der Waals surface area contributed by atoms with E-state index in [0.717, 1.165) is 48.3 Å². The summed E-state index contributed by atoms with van der Waals surface area (Å²) in [6, 6.07) is 13.5. The first kappa shape index (κ1) is 23.1. The molecule has 182 valence electrons. The van der Waals surface area contributed by atoms with Gasteiger partial charge in [0.15, 0.2) is 0 Å². The number of likely N-dealkylation sites (tertiary alicyclic amines) is 1. The van der Waals surface area contributed by atoms with Crippen LogP contribution in [-0.2, 0) is 4.79 Å². The summed E-state index contributed by atoms with van der Waals surface area (Å²) in [4.78, 5) is 36.6. The molecule has 1 unspecified atom stereocenters. The van der Waals surface area contributed by atoms with E-state index in [1.165, 1.54) is 24.3 Å². The molecule has 7 nitrogen and oxygen atoms in total. The predicted molar refractivity (Wildman–Crippen MR) is 132 cm³/mol. The minimum atomic E-state index is -0.369. The van der Waals surface area contributed by atoms with Gasteiger partial charge in [-0.05, 0) is 55.3 Å². The second-order valence-corrected chi connectivity index (χ2v) is 9.12. The van der Waals surface area contributed by atoms with Crippen molar-refractivity contribution in [2.75, 3.05) is 51.3 Å². The van der Waals surface area contributed by atoms with Gasteiger partial charge in [-0.15, -0.1) is 0 Å². The largest absolute Gasteiger partial charge is 0.497 e. The van der Waals surface area contributed by atoms with Crippen molar-refractivity contribution in [3.8, 4) is 5.75 Å². The number of rotatable bonds is 4. The minimum absolute atomic E-state index is 0.116. The number of carbonyl (C=O) groups excluding carboxylic acids is 2. The zero-order valence-corrected chi connectivity index (χ0v) is 19.8. The van der Waals surface area contributed by atoms with Crippen LogP contribution in [0.5, 0.6) is 5.75 Å². The number of fused-ring (bicyclic) bond motifs is 1. The number of piperidine rings is 1. The van der Waals surface area contributed by atoms with Crippen molar-refractivity contribution in [2.45, 2.75) is 12.8 Å². The van der Waals surface area contributed by atoms with Crippen LogP contribution in [0.15, 0.2) is 54.7 Å². The standard InChI is InChI=1S/C27H29FN4O3/c1-35-22-8-9-23-24(17-22)29-11-10-25(23)30-13-15-31(16-14-30)27(34)20-3-2-12-32(18-20)26(33)19-4-6-21(28)7-5-19/h4-11,17,20H,2-3,12-16,18H2,1H3. The summed E-state index contributed by atoms with van der Waals surface area (Å²) in [5.41, 5.74) is 2.45. The van der Waals surface area contributed by atoms with Crippen LogP contribution in [0.25, 0.3) is 10.9 Å². The maximum atomic E-state index is 13.3. The second-order valence-electron chi connectivity index (χ2n) is 9.12. The lowest BCUT2D eigenvalue weighted by atomic mass is 9.95. The second kappa shape index (κ2) is 9.90. The Hall–Kier alpha value is -3.68. The van der Waals surface area contributed by atoms with Crippen LogP contribution in [0.2, 0.25) is 0 Å². The quantitative estimate of drug-likeness (QED) is 0.576. The Morgan fingerprint density at radius 3 is 2.49 bits per heavy atom. The summed E-state index contributed by atoms with van der Waals surface area (Å²) in [5.74, 6) is 0.178. The molecular formula is C27H29FN4O3. The van der Waals surface area contributed by atoms with Crippen LogP contribution >= 0.6 is 0 Å². The molecule has 35 heavy (non-hydrogen) atoms. The molecule has 2 fully saturated rings. The lowest BCUT2D eigenvalue weighted by molar-refractivity contribution is -0.137. The molecule has 2 aliphatic rings. The highest BCUT2D eigenvalue weighted by Gasteiger charge is 2.33. The molecular weight excluding hydrogens is 447 g/mol. The number of benzene rings is 2. The lowest BCUT2D eigenvalue weighted by Crippen LogP contribution is -2.53. The number of amides is 2. The number of ether oxygens (including phenoxy) is 1. The highest BCUT2D eigenvalue weighted by atomic mass is 19.1. The summed E-state index contributed by atoms with van der Waals surface area (Å²) in [7, 11) is 1.64. The minimum Gasteiger partial charge on any atom is -0.497 e. The van der Waals surface area contributed by atoms with E-state index in [2.05, 4.69) is 9.88 Å². The Morgan fingerprint density at radius 1 is 0.971 bits per heavy atom. The zero-order valence-electron chi connectivity index (χ0n) is 19.8. The highest BCUT2D eigenvalue weighted by Crippen LogP contribution is 2.29. The molecule has 3 heterocycles. The van der Waals surface area contributed by atoms with E-state index in [9.17, 15) is 14.0 Å². The SMILES string of the molecule is COc1ccc2c(N3CCN(C(=O)C4CCCN(C(=O)c5ccc(F)cc5)C4)CC3)ccnc2c1. The van der Waals surface area contributed by atoms with E-state index in [1.54, 1.807) is 12.0 Å². The fourth-order valence-electron chi connectivity index (χ4n) is 5.08. The van der Waals surface area contributed by atoms with E-state index in [1.807, 2.05) is 35.4 Å². The highest BCUT2D eigenvalue weighted by molar-refractivity contribution is 5.95. The lowest BCUT2D eigenvalue weighted by Gasteiger charge is -2.40. The van der Waals surface area contributed by atoms with Crippen LogP contribution in [0.3, 0.4) is 0 Å². The van der Waals surface area contributed by atoms with Crippen LogP contribution in [0.1, 0.15) is 23.2 Å². The Kier molecular flexibility index (Phi) is 6.53. The fourth-order valence-corrected chi connectivity index (χ4v) is 5.08. The average Bonchev–Trinajstić information content (AvgIpc) is 2.92. The van der Waals surface area contributed by atoms with Crippen molar-refractivity contribution in [3.63, 3.8) is 0 Å². The molecule has 2 aromatic carbocycles. The monoisotopic (exact) mass is 476 g/mol. The van der Waals surface area contributed by atoms with Crippen molar-refractivity contribution in [3.05, 3.63) is 66.1 Å². The molecule has 1 atom stereocenters. The van der Waals surface area contributed by atoms with Gasteiger partial charge in [-0.25, -0.2) is 4.39 Å². The summed E-state index contributed by atoms with van der Waals surface area (Å²) in [6.07, 6.45) is 3.38. The molecule has 1 aromatic heterocycles. The first-order chi connectivity index (χ1) is 17.0. The van der Waals surface area contributed by atoms with Gasteiger partial charge < -0.3 is 19.4 Å². The molecule has 0 bridgehead atoms. The number of carbonyl (C=O) groups is 2. The van der Waals surface area contributed by atoms with Gasteiger partial charge in [0.1, 0.15) is 11.6 Å². The number of anilines is 1. The number of pyridine rings is 1. The number of nitrogens with zero attached hydrogens (tertiary/aromatic N) is 4. The number of piperazine rings is 1. The third-order valence-electron chi connectivity index (χ3n) is 7.01. The van der Waals surface area contributed by atoms with Crippen molar-refractivity contribution in [1.29, 1.82) is 0 Å². The van der Waals surface area contributed by atoms with Crippen molar-refractivity contribution >= 4 is 28.4 Å². The van der Waals surface area contributed by atoms with Crippen molar-refractivity contribution in [1.82, 2.24) is 14.8 Å². The van der Waals surface area contributed by atoms with Crippen LogP contribution in [0.4, 0.5) is 10.1 Å². The number of hydrogen-bond donors (Lipinski definition) is 0. The number of halogens is 1. The zero-order chi connectivity index (χ0) is 24.4. The summed E-state index contributed by atoms with van der Waals surface area (Å²) in [6.45, 7) is 3.78. The normalized spacial score (nSPS) is 18.6. The van der Waals surface area contributed by atoms with Gasteiger partial charge in [-0.3, -0.25) is 14.6 Å². The molecule has 0 saturated carbocycles. The molecule has 2 aliphatic heterocycles. The molecule has 5 rings (SSSR count). The Labute approximate surface area is 204 Å². The van der Waals surface area contributed by atoms with E-state index < -0.39 is 0 Å². The maximum Gasteiger partial charge on any atom is 0.253 e. The Bertz CT molecular complexity index is 1220. The van der Waals surface area contributed by atoms with Gasteiger partial charge in [-0.1, -0.05) is 0 Å². The number of aromatic nitrogens is 1. The van der Waals surface area contributed by atoms with E-state index in [0.29, 0.717) is 31.7 Å². The molecule has 0 aliphatic carbocycles. The molecule has 0 spiro atoms. The summed E-state index contributed by atoms with van der Waals surface area (Å²) in [5, 5.41) is 1.07. The first-order valence-corrected chi connectivity index (χ1v) is 12.0. The van der Waals surface area contributed by atoms with Crippen molar-refractivity contribution in [2.24, 2.45) is 5.92 Å². The van der Waals surface area contributed by atoms with Gasteiger partial charge in [0.2, 0.25) is 5.91 Å². The third kappa shape index (κ3) is 4.78. The van der Waals surface area contributed by atoms with E-state index in [-0.39, 0.29) is 23.5 Å². The molecule has 2 saturated heterocycles. The van der Waals surface area contributed by atoms with E-state index in [4.69, 9.17) is 4.74 Å². The number of hydrogen-bond acceptors (Lipinski definition) is 5. The average molecular weight is 477 g/mol. The molecule has 0 radical (unpaired) electrons. The van der Waals surface area contributed by atoms with Gasteiger partial charge in [0, 0.05) is 68.2 Å². The number of methoxy groups -OCH3 is 1. The van der Waals surface area contributed by atoms with Gasteiger partial charge in [0.25, 0.3) is 5.91 Å². The Balaban J connectivity index is 1.22. The third-order valence-corrected chi connectivity index (χ3v) is 7.01. The first-order valence-electron chi connectivity index (χ1n) is 12.0. The molecule has 0 N–H and O–H groups in total. The molecule has 2 amide bonds. The maximum absolute atomic E-state index is 13.3. The van der Waals surface area contributed by atoms with Gasteiger partial charge >= 0.3 is 0 Å². The molecule has 3 aromatic rings. The van der Waals surface area contributed by atoms with Crippen LogP contribution in [0, 0.1) is 11.7 Å². The topological polar surface area (TPSA) is 66.0 Å². The van der Waals surface area contributed by atoms with Crippen molar-refractivity contribution < 1.29 is 18.7 Å². The van der Waals surface area contributed by atoms with E-state index >= 15 is 0 Å². The summed E-state index contributed by atoms with van der Waals surface area (Å²) < 4.78 is 18.5.